The Labute approximate surface area is 105 Å². The number of aliphatic hydroxyl groups is 1. The fourth-order valence-corrected chi connectivity index (χ4v) is 2.36. The predicted octanol–water partition coefficient (Wildman–Crippen LogP) is -0.532. The Hall–Kier alpha value is -1.02. The fourth-order valence-electron chi connectivity index (χ4n) is 2.36. The van der Waals surface area contributed by atoms with Crippen LogP contribution in [0.25, 0.3) is 0 Å². The Morgan fingerprint density at radius 1 is 1.50 bits per heavy atom. The van der Waals surface area contributed by atoms with Gasteiger partial charge in [-0.25, -0.2) is 0 Å². The topological polar surface area (TPSA) is 83.7 Å². The highest BCUT2D eigenvalue weighted by atomic mass is 16.5. The fraction of sp³-hybridized carbons (Fsp3) is 0.818. The molecule has 0 aromatic carbocycles. The maximum absolute atomic E-state index is 9.47. The van der Waals surface area contributed by atoms with E-state index in [1.165, 1.54) is 0 Å². The zero-order valence-corrected chi connectivity index (χ0v) is 10.4. The molecule has 0 amide bonds. The molecule has 18 heavy (non-hydrogen) atoms. The van der Waals surface area contributed by atoms with Crippen molar-refractivity contribution in [2.45, 2.75) is 24.7 Å². The molecule has 1 aromatic rings. The van der Waals surface area contributed by atoms with Crippen molar-refractivity contribution in [3.05, 3.63) is 11.7 Å². The van der Waals surface area contributed by atoms with E-state index in [0.717, 1.165) is 13.1 Å². The van der Waals surface area contributed by atoms with E-state index in [0.29, 0.717) is 31.3 Å². The molecule has 3 atom stereocenters. The summed E-state index contributed by atoms with van der Waals surface area (Å²) in [7, 11) is 2.05. The van der Waals surface area contributed by atoms with Gasteiger partial charge in [-0.15, -0.1) is 0 Å². The molecule has 2 saturated heterocycles. The van der Waals surface area contributed by atoms with Gasteiger partial charge in [0.25, 0.3) is 0 Å². The molecule has 0 aliphatic carbocycles. The summed E-state index contributed by atoms with van der Waals surface area (Å²) in [5, 5.41) is 16.6. The molecular formula is C11H18N4O3. The smallest absolute Gasteiger partial charge is 0.243 e. The predicted molar refractivity (Wildman–Crippen MR) is 61.9 cm³/mol. The molecule has 7 nitrogen and oxygen atoms in total. The van der Waals surface area contributed by atoms with Crippen molar-refractivity contribution in [1.29, 1.82) is 0 Å². The normalized spacial score (nSPS) is 34.0. The number of nitrogens with zero attached hydrogens (tertiary/aromatic N) is 3. The summed E-state index contributed by atoms with van der Waals surface area (Å²) in [6, 6.07) is -0.0393. The van der Waals surface area contributed by atoms with E-state index in [2.05, 4.69) is 20.4 Å². The maximum Gasteiger partial charge on any atom is 0.243 e. The zero-order chi connectivity index (χ0) is 12.5. The van der Waals surface area contributed by atoms with Gasteiger partial charge < -0.3 is 24.6 Å². The first-order valence-electron chi connectivity index (χ1n) is 6.27. The van der Waals surface area contributed by atoms with E-state index >= 15 is 0 Å². The first kappa shape index (κ1) is 12.0. The van der Waals surface area contributed by atoms with Gasteiger partial charge in [0.1, 0.15) is 6.10 Å². The monoisotopic (exact) mass is 254 g/mol. The van der Waals surface area contributed by atoms with Gasteiger partial charge in [0, 0.05) is 19.6 Å². The summed E-state index contributed by atoms with van der Waals surface area (Å²) in [4.78, 5) is 6.56. The van der Waals surface area contributed by atoms with E-state index < -0.39 is 0 Å². The number of hydrogen-bond donors (Lipinski definition) is 2. The Morgan fingerprint density at radius 3 is 3.11 bits per heavy atom. The molecule has 2 aliphatic heterocycles. The third kappa shape index (κ3) is 2.39. The molecule has 2 N–H and O–H groups in total. The third-order valence-corrected chi connectivity index (χ3v) is 3.42. The number of likely N-dealkylation sites (N-methyl/N-ethyl adjacent to an activating group) is 1. The lowest BCUT2D eigenvalue weighted by Gasteiger charge is -2.27. The number of hydrogen-bond acceptors (Lipinski definition) is 7. The molecule has 0 bridgehead atoms. The summed E-state index contributed by atoms with van der Waals surface area (Å²) in [5.41, 5.74) is 0. The molecule has 7 heteroatoms. The van der Waals surface area contributed by atoms with Crippen molar-refractivity contribution in [2.75, 3.05) is 33.3 Å². The second kappa shape index (κ2) is 4.93. The van der Waals surface area contributed by atoms with Crippen molar-refractivity contribution < 1.29 is 14.4 Å². The van der Waals surface area contributed by atoms with Gasteiger partial charge in [-0.1, -0.05) is 5.16 Å². The number of morpholine rings is 1. The van der Waals surface area contributed by atoms with Crippen molar-refractivity contribution in [1.82, 2.24) is 20.4 Å². The van der Waals surface area contributed by atoms with Crippen LogP contribution in [0.4, 0.5) is 0 Å². The van der Waals surface area contributed by atoms with E-state index in [1.807, 2.05) is 7.05 Å². The van der Waals surface area contributed by atoms with Crippen LogP contribution in [-0.2, 0) is 4.74 Å². The highest BCUT2D eigenvalue weighted by molar-refractivity contribution is 5.00. The van der Waals surface area contributed by atoms with Gasteiger partial charge in [0.05, 0.1) is 18.8 Å². The lowest BCUT2D eigenvalue weighted by Crippen LogP contribution is -2.35. The molecule has 2 fully saturated rings. The van der Waals surface area contributed by atoms with Gasteiger partial charge in [-0.2, -0.15) is 4.98 Å². The largest absolute Gasteiger partial charge is 0.392 e. The number of rotatable bonds is 2. The number of β-amino-alcohol motifs (C(OH)–C–C–N with tert-alkyl or cyclic N) is 1. The van der Waals surface area contributed by atoms with Crippen LogP contribution in [0.5, 0.6) is 0 Å². The van der Waals surface area contributed by atoms with Crippen molar-refractivity contribution in [3.8, 4) is 0 Å². The third-order valence-electron chi connectivity index (χ3n) is 3.42. The van der Waals surface area contributed by atoms with Crippen molar-refractivity contribution in [2.24, 2.45) is 0 Å². The molecule has 0 saturated carbocycles. The molecule has 100 valence electrons. The van der Waals surface area contributed by atoms with Gasteiger partial charge in [0.15, 0.2) is 0 Å². The molecule has 2 aliphatic rings. The minimum Gasteiger partial charge on any atom is -0.392 e. The van der Waals surface area contributed by atoms with Crippen LogP contribution in [0.15, 0.2) is 4.52 Å². The summed E-state index contributed by atoms with van der Waals surface area (Å²) < 4.78 is 10.9. The Kier molecular flexibility index (Phi) is 3.29. The standard InChI is InChI=1S/C11H18N4O3/c1-15-2-3-17-9(6-15)10-13-11(18-14-10)8-4-7(16)5-12-8/h7-9,12,16H,2-6H2,1H3/t7?,8-,9?/m0/s1. The lowest BCUT2D eigenvalue weighted by atomic mass is 10.2. The first-order valence-corrected chi connectivity index (χ1v) is 6.27. The second-order valence-corrected chi connectivity index (χ2v) is 4.96. The zero-order valence-electron chi connectivity index (χ0n) is 10.4. The SMILES string of the molecule is CN1CCOC(c2noc([C@@H]3CC(O)CN3)n2)C1. The Morgan fingerprint density at radius 2 is 2.39 bits per heavy atom. The molecule has 0 radical (unpaired) electrons. The highest BCUT2D eigenvalue weighted by Crippen LogP contribution is 2.25. The van der Waals surface area contributed by atoms with E-state index in [4.69, 9.17) is 9.26 Å². The van der Waals surface area contributed by atoms with Crippen LogP contribution in [0.3, 0.4) is 0 Å². The summed E-state index contributed by atoms with van der Waals surface area (Å²) in [6.07, 6.45) is 0.169. The van der Waals surface area contributed by atoms with Crippen molar-refractivity contribution in [3.63, 3.8) is 0 Å². The van der Waals surface area contributed by atoms with Crippen LogP contribution >= 0.6 is 0 Å². The van der Waals surface area contributed by atoms with E-state index in [9.17, 15) is 5.11 Å². The number of nitrogens with one attached hydrogen (secondary N) is 1. The molecule has 0 spiro atoms. The van der Waals surface area contributed by atoms with E-state index in [-0.39, 0.29) is 18.2 Å². The first-order chi connectivity index (χ1) is 8.72. The molecule has 2 unspecified atom stereocenters. The minimum atomic E-state index is -0.331. The number of ether oxygens (including phenoxy) is 1. The van der Waals surface area contributed by atoms with Gasteiger partial charge in [0.2, 0.25) is 11.7 Å². The van der Waals surface area contributed by atoms with Crippen LogP contribution in [-0.4, -0.2) is 59.5 Å². The van der Waals surface area contributed by atoms with Crippen molar-refractivity contribution >= 4 is 0 Å². The summed E-state index contributed by atoms with van der Waals surface area (Å²) in [6.45, 7) is 2.97. The quantitative estimate of drug-likeness (QED) is 0.734. The molecule has 3 heterocycles. The Bertz CT molecular complexity index is 411. The maximum atomic E-state index is 9.47. The summed E-state index contributed by atoms with van der Waals surface area (Å²) >= 11 is 0. The molecule has 1 aromatic heterocycles. The highest BCUT2D eigenvalue weighted by Gasteiger charge is 2.30. The number of aromatic nitrogens is 2. The minimum absolute atomic E-state index is 0.0393. The van der Waals surface area contributed by atoms with Gasteiger partial charge in [-0.3, -0.25) is 0 Å². The Balaban J connectivity index is 1.69. The lowest BCUT2D eigenvalue weighted by molar-refractivity contribution is -0.0264. The summed E-state index contributed by atoms with van der Waals surface area (Å²) in [5.74, 6) is 1.14. The van der Waals surface area contributed by atoms with Crippen LogP contribution < -0.4 is 5.32 Å². The van der Waals surface area contributed by atoms with Gasteiger partial charge >= 0.3 is 0 Å². The van der Waals surface area contributed by atoms with Gasteiger partial charge in [-0.05, 0) is 13.5 Å². The van der Waals surface area contributed by atoms with Crippen LogP contribution in [0.1, 0.15) is 30.3 Å². The average molecular weight is 254 g/mol. The van der Waals surface area contributed by atoms with E-state index in [1.54, 1.807) is 0 Å². The van der Waals surface area contributed by atoms with Crippen LogP contribution in [0.2, 0.25) is 0 Å². The number of aliphatic hydroxyl groups excluding tert-OH is 1. The van der Waals surface area contributed by atoms with Crippen LogP contribution in [0, 0.1) is 0 Å². The second-order valence-electron chi connectivity index (χ2n) is 4.96. The average Bonchev–Trinajstić information content (AvgIpc) is 2.97. The molecule has 3 rings (SSSR count). The molecular weight excluding hydrogens is 236 g/mol.